The molecule has 1 atom stereocenters. The van der Waals surface area contributed by atoms with E-state index in [0.717, 1.165) is 18.1 Å². The van der Waals surface area contributed by atoms with Gasteiger partial charge in [0.1, 0.15) is 12.2 Å². The van der Waals surface area contributed by atoms with Crippen molar-refractivity contribution >= 4 is 23.6 Å². The van der Waals surface area contributed by atoms with Crippen molar-refractivity contribution in [3.05, 3.63) is 24.0 Å². The van der Waals surface area contributed by atoms with Crippen LogP contribution in [0.2, 0.25) is 0 Å². The van der Waals surface area contributed by atoms with E-state index in [0.29, 0.717) is 0 Å². The van der Waals surface area contributed by atoms with E-state index in [-0.39, 0.29) is 24.2 Å². The number of carbonyl (C=O) groups is 2. The number of thioether (sulfide) groups is 1. The number of amides is 1. The molecule has 98 valence electrons. The smallest absolute Gasteiger partial charge is 0.352 e. The van der Waals surface area contributed by atoms with Crippen LogP contribution in [0.3, 0.4) is 0 Å². The molecule has 0 bridgehead atoms. The van der Waals surface area contributed by atoms with Gasteiger partial charge >= 0.3 is 5.97 Å². The normalized spacial score (nSPS) is 19.8. The van der Waals surface area contributed by atoms with Gasteiger partial charge in [-0.2, -0.15) is 11.8 Å². The predicted molar refractivity (Wildman–Crippen MR) is 69.9 cm³/mol. The maximum absolute atomic E-state index is 12.2. The highest BCUT2D eigenvalue weighted by molar-refractivity contribution is 7.99. The van der Waals surface area contributed by atoms with Crippen LogP contribution in [-0.4, -0.2) is 50.5 Å². The first kappa shape index (κ1) is 13.0. The van der Waals surface area contributed by atoms with Gasteiger partial charge in [0.25, 0.3) is 0 Å². The second-order valence-corrected chi connectivity index (χ2v) is 5.49. The summed E-state index contributed by atoms with van der Waals surface area (Å²) in [5.74, 6) is 0.882. The number of hydrogen-bond donors (Lipinski definition) is 1. The molecule has 1 N–H and O–H groups in total. The van der Waals surface area contributed by atoms with Crippen molar-refractivity contribution in [2.75, 3.05) is 18.1 Å². The minimum absolute atomic E-state index is 0.0125. The Hall–Kier alpha value is -1.43. The SMILES string of the molecule is CC1CSCCN1C(=O)Cn1cccc1C(=O)O. The summed E-state index contributed by atoms with van der Waals surface area (Å²) in [6.45, 7) is 2.87. The molecule has 1 amide bonds. The van der Waals surface area contributed by atoms with Crippen LogP contribution < -0.4 is 0 Å². The molecule has 5 nitrogen and oxygen atoms in total. The molecule has 6 heteroatoms. The van der Waals surface area contributed by atoms with Crippen LogP contribution >= 0.6 is 11.8 Å². The fraction of sp³-hybridized carbons (Fsp3) is 0.500. The number of hydrogen-bond acceptors (Lipinski definition) is 3. The van der Waals surface area contributed by atoms with Gasteiger partial charge in [-0.05, 0) is 19.1 Å². The Balaban J connectivity index is 2.06. The van der Waals surface area contributed by atoms with E-state index >= 15 is 0 Å². The molecule has 2 rings (SSSR count). The third-order valence-electron chi connectivity index (χ3n) is 3.04. The Morgan fingerprint density at radius 3 is 3.00 bits per heavy atom. The van der Waals surface area contributed by atoms with Gasteiger partial charge in [-0.25, -0.2) is 4.79 Å². The fourth-order valence-corrected chi connectivity index (χ4v) is 3.09. The predicted octanol–water partition coefficient (Wildman–Crippen LogP) is 1.15. The first-order valence-electron chi connectivity index (χ1n) is 5.85. The summed E-state index contributed by atoms with van der Waals surface area (Å²) in [6, 6.07) is 3.37. The lowest BCUT2D eigenvalue weighted by Gasteiger charge is -2.33. The molecule has 0 saturated carbocycles. The van der Waals surface area contributed by atoms with E-state index in [9.17, 15) is 9.59 Å². The molecule has 18 heavy (non-hydrogen) atoms. The fourth-order valence-electron chi connectivity index (χ4n) is 2.08. The van der Waals surface area contributed by atoms with E-state index < -0.39 is 5.97 Å². The van der Waals surface area contributed by atoms with Gasteiger partial charge < -0.3 is 14.6 Å². The molecule has 1 aromatic heterocycles. The van der Waals surface area contributed by atoms with Gasteiger partial charge in [0, 0.05) is 30.3 Å². The van der Waals surface area contributed by atoms with Crippen LogP contribution in [-0.2, 0) is 11.3 Å². The molecule has 1 saturated heterocycles. The van der Waals surface area contributed by atoms with Gasteiger partial charge in [-0.15, -0.1) is 0 Å². The van der Waals surface area contributed by atoms with Crippen LogP contribution in [0, 0.1) is 0 Å². The van der Waals surface area contributed by atoms with Gasteiger partial charge in [-0.3, -0.25) is 4.79 Å². The molecule has 1 fully saturated rings. The molecule has 0 radical (unpaired) electrons. The van der Waals surface area contributed by atoms with Crippen molar-refractivity contribution in [2.45, 2.75) is 19.5 Å². The monoisotopic (exact) mass is 268 g/mol. The minimum atomic E-state index is -1.00. The Morgan fingerprint density at radius 2 is 2.33 bits per heavy atom. The second kappa shape index (κ2) is 5.48. The molecule has 0 aromatic carbocycles. The van der Waals surface area contributed by atoms with Crippen LogP contribution in [0.5, 0.6) is 0 Å². The van der Waals surface area contributed by atoms with Crippen molar-refractivity contribution in [2.24, 2.45) is 0 Å². The number of carbonyl (C=O) groups excluding carboxylic acids is 1. The van der Waals surface area contributed by atoms with Crippen LogP contribution in [0.25, 0.3) is 0 Å². The lowest BCUT2D eigenvalue weighted by Crippen LogP contribution is -2.45. The Bertz CT molecular complexity index is 458. The largest absolute Gasteiger partial charge is 0.477 e. The van der Waals surface area contributed by atoms with E-state index in [1.165, 1.54) is 10.6 Å². The van der Waals surface area contributed by atoms with Crippen LogP contribution in [0.1, 0.15) is 17.4 Å². The minimum Gasteiger partial charge on any atom is -0.477 e. The number of carboxylic acids is 1. The second-order valence-electron chi connectivity index (χ2n) is 4.34. The van der Waals surface area contributed by atoms with E-state index in [4.69, 9.17) is 5.11 Å². The highest BCUT2D eigenvalue weighted by atomic mass is 32.2. The molecule has 1 aliphatic rings. The number of aromatic nitrogens is 1. The highest BCUT2D eigenvalue weighted by Gasteiger charge is 2.24. The number of nitrogens with zero attached hydrogens (tertiary/aromatic N) is 2. The molecule has 0 aliphatic carbocycles. The molecule has 1 aliphatic heterocycles. The standard InChI is InChI=1S/C12H16N2O3S/c1-9-8-18-6-5-14(9)11(15)7-13-4-2-3-10(13)12(16)17/h2-4,9H,5-8H2,1H3,(H,16,17). The van der Waals surface area contributed by atoms with Gasteiger partial charge in [-0.1, -0.05) is 0 Å². The van der Waals surface area contributed by atoms with Crippen molar-refractivity contribution < 1.29 is 14.7 Å². The Kier molecular flexibility index (Phi) is 3.96. The van der Waals surface area contributed by atoms with Gasteiger partial charge in [0.15, 0.2) is 0 Å². The molecule has 1 unspecified atom stereocenters. The summed E-state index contributed by atoms with van der Waals surface area (Å²) in [7, 11) is 0. The van der Waals surface area contributed by atoms with Crippen molar-refractivity contribution in [3.8, 4) is 0 Å². The molecular formula is C12H16N2O3S. The van der Waals surface area contributed by atoms with Crippen molar-refractivity contribution in [3.63, 3.8) is 0 Å². The number of aromatic carboxylic acids is 1. The topological polar surface area (TPSA) is 62.5 Å². The number of carboxylic acid groups (broad SMARTS) is 1. The Morgan fingerprint density at radius 1 is 1.56 bits per heavy atom. The quantitative estimate of drug-likeness (QED) is 0.893. The zero-order valence-corrected chi connectivity index (χ0v) is 11.0. The molecule has 2 heterocycles. The summed E-state index contributed by atoms with van der Waals surface area (Å²) in [4.78, 5) is 24.9. The number of rotatable bonds is 3. The summed E-state index contributed by atoms with van der Waals surface area (Å²) in [5.41, 5.74) is 0.155. The summed E-state index contributed by atoms with van der Waals surface area (Å²) >= 11 is 1.85. The summed E-state index contributed by atoms with van der Waals surface area (Å²) in [6.07, 6.45) is 1.63. The lowest BCUT2D eigenvalue weighted by molar-refractivity contribution is -0.133. The summed E-state index contributed by atoms with van der Waals surface area (Å²) in [5, 5.41) is 8.98. The van der Waals surface area contributed by atoms with E-state index in [1.807, 2.05) is 23.6 Å². The van der Waals surface area contributed by atoms with Gasteiger partial charge in [0.2, 0.25) is 5.91 Å². The molecule has 0 spiro atoms. The lowest BCUT2D eigenvalue weighted by atomic mass is 10.3. The average Bonchev–Trinajstić information content (AvgIpc) is 2.77. The third kappa shape index (κ3) is 2.69. The highest BCUT2D eigenvalue weighted by Crippen LogP contribution is 2.16. The maximum atomic E-state index is 12.2. The van der Waals surface area contributed by atoms with Crippen molar-refractivity contribution in [1.82, 2.24) is 9.47 Å². The first-order valence-corrected chi connectivity index (χ1v) is 7.00. The molecule has 1 aromatic rings. The Labute approximate surface area is 110 Å². The zero-order valence-electron chi connectivity index (χ0n) is 10.2. The molecular weight excluding hydrogens is 252 g/mol. The first-order chi connectivity index (χ1) is 8.59. The maximum Gasteiger partial charge on any atom is 0.352 e. The van der Waals surface area contributed by atoms with Crippen molar-refractivity contribution in [1.29, 1.82) is 0 Å². The van der Waals surface area contributed by atoms with Crippen LogP contribution in [0.15, 0.2) is 18.3 Å². The zero-order chi connectivity index (χ0) is 13.1. The summed E-state index contributed by atoms with van der Waals surface area (Å²) < 4.78 is 1.49. The van der Waals surface area contributed by atoms with Crippen LogP contribution in [0.4, 0.5) is 0 Å². The third-order valence-corrected chi connectivity index (χ3v) is 4.23. The van der Waals surface area contributed by atoms with Gasteiger partial charge in [0.05, 0.1) is 0 Å². The average molecular weight is 268 g/mol. The van der Waals surface area contributed by atoms with E-state index in [2.05, 4.69) is 0 Å². The van der Waals surface area contributed by atoms with E-state index in [1.54, 1.807) is 12.3 Å².